The molecule has 1 fully saturated rings. The molecule has 16 heavy (non-hydrogen) atoms. The molecule has 1 atom stereocenters. The van der Waals surface area contributed by atoms with Crippen molar-refractivity contribution >= 4 is 11.6 Å². The normalized spacial score (nSPS) is 21.5. The number of aromatic nitrogens is 1. The zero-order valence-electron chi connectivity index (χ0n) is 9.53. The summed E-state index contributed by atoms with van der Waals surface area (Å²) < 4.78 is 5.18. The van der Waals surface area contributed by atoms with Crippen LogP contribution in [-0.4, -0.2) is 36.7 Å². The topological polar surface area (TPSA) is 25.4 Å². The second-order valence-corrected chi connectivity index (χ2v) is 4.75. The maximum Gasteiger partial charge on any atom is 0.0558 e. The molecule has 1 aliphatic rings. The maximum absolute atomic E-state index is 5.93. The Morgan fingerprint density at radius 3 is 3.25 bits per heavy atom. The van der Waals surface area contributed by atoms with Crippen molar-refractivity contribution in [2.45, 2.75) is 13.0 Å². The molecule has 0 amide bonds. The molecular weight excluding hydrogens is 224 g/mol. The third-order valence-electron chi connectivity index (χ3n) is 2.94. The Morgan fingerprint density at radius 1 is 1.62 bits per heavy atom. The SMILES string of the molecule is COCC1CCN(Cc2cc(Cl)ccn2)C1. The standard InChI is InChI=1S/C12H17ClN2O/c1-16-9-10-3-5-15(7-10)8-12-6-11(13)2-4-14-12/h2,4,6,10H,3,5,7-9H2,1H3. The lowest BCUT2D eigenvalue weighted by atomic mass is 10.1. The smallest absolute Gasteiger partial charge is 0.0558 e. The molecule has 0 aromatic carbocycles. The summed E-state index contributed by atoms with van der Waals surface area (Å²) in [6.07, 6.45) is 2.98. The molecule has 1 aromatic rings. The highest BCUT2D eigenvalue weighted by Gasteiger charge is 2.22. The van der Waals surface area contributed by atoms with Crippen molar-refractivity contribution in [3.05, 3.63) is 29.0 Å². The summed E-state index contributed by atoms with van der Waals surface area (Å²) in [6, 6.07) is 3.74. The van der Waals surface area contributed by atoms with Gasteiger partial charge in [-0.25, -0.2) is 0 Å². The van der Waals surface area contributed by atoms with Gasteiger partial charge in [0.25, 0.3) is 0 Å². The van der Waals surface area contributed by atoms with Gasteiger partial charge in [0.1, 0.15) is 0 Å². The molecule has 4 heteroatoms. The Hall–Kier alpha value is -0.640. The molecule has 2 heterocycles. The molecule has 0 radical (unpaired) electrons. The molecule has 2 rings (SSSR count). The summed E-state index contributed by atoms with van der Waals surface area (Å²) in [6.45, 7) is 3.98. The highest BCUT2D eigenvalue weighted by atomic mass is 35.5. The highest BCUT2D eigenvalue weighted by Crippen LogP contribution is 2.19. The van der Waals surface area contributed by atoms with Crippen LogP contribution < -0.4 is 0 Å². The minimum absolute atomic E-state index is 0.671. The number of hydrogen-bond donors (Lipinski definition) is 0. The first-order chi connectivity index (χ1) is 7.78. The second-order valence-electron chi connectivity index (χ2n) is 4.31. The Labute approximate surface area is 101 Å². The van der Waals surface area contributed by atoms with Gasteiger partial charge >= 0.3 is 0 Å². The van der Waals surface area contributed by atoms with Gasteiger partial charge < -0.3 is 4.74 Å². The molecule has 0 saturated carbocycles. The zero-order valence-corrected chi connectivity index (χ0v) is 10.3. The van der Waals surface area contributed by atoms with Gasteiger partial charge in [0.15, 0.2) is 0 Å². The molecule has 0 aliphatic carbocycles. The average Bonchev–Trinajstić information content (AvgIpc) is 2.66. The van der Waals surface area contributed by atoms with Crippen LogP contribution in [0.2, 0.25) is 5.02 Å². The van der Waals surface area contributed by atoms with Crippen LogP contribution in [0, 0.1) is 5.92 Å². The van der Waals surface area contributed by atoms with Gasteiger partial charge in [-0.05, 0) is 31.0 Å². The molecule has 0 spiro atoms. The van der Waals surface area contributed by atoms with E-state index in [0.29, 0.717) is 5.92 Å². The first-order valence-corrected chi connectivity index (χ1v) is 5.97. The molecule has 1 saturated heterocycles. The summed E-state index contributed by atoms with van der Waals surface area (Å²) in [7, 11) is 1.77. The summed E-state index contributed by atoms with van der Waals surface area (Å²) >= 11 is 5.93. The molecule has 1 aromatic heterocycles. The van der Waals surface area contributed by atoms with Crippen LogP contribution in [0.25, 0.3) is 0 Å². The lowest BCUT2D eigenvalue weighted by molar-refractivity contribution is 0.152. The van der Waals surface area contributed by atoms with Crippen LogP contribution >= 0.6 is 11.6 Å². The minimum atomic E-state index is 0.671. The maximum atomic E-state index is 5.93. The van der Waals surface area contributed by atoms with E-state index in [4.69, 9.17) is 16.3 Å². The van der Waals surface area contributed by atoms with E-state index in [1.54, 1.807) is 13.3 Å². The molecule has 1 unspecified atom stereocenters. The van der Waals surface area contributed by atoms with Gasteiger partial charge in [0.2, 0.25) is 0 Å². The number of ether oxygens (including phenoxy) is 1. The van der Waals surface area contributed by atoms with Crippen LogP contribution in [0.4, 0.5) is 0 Å². The van der Waals surface area contributed by atoms with Crippen molar-refractivity contribution in [2.24, 2.45) is 5.92 Å². The molecule has 0 bridgehead atoms. The van der Waals surface area contributed by atoms with Crippen molar-refractivity contribution in [1.29, 1.82) is 0 Å². The third-order valence-corrected chi connectivity index (χ3v) is 3.17. The number of halogens is 1. The van der Waals surface area contributed by atoms with Crippen LogP contribution in [0.5, 0.6) is 0 Å². The van der Waals surface area contributed by atoms with Crippen molar-refractivity contribution in [1.82, 2.24) is 9.88 Å². The monoisotopic (exact) mass is 240 g/mol. The molecule has 3 nitrogen and oxygen atoms in total. The Morgan fingerprint density at radius 2 is 2.50 bits per heavy atom. The van der Waals surface area contributed by atoms with E-state index in [1.807, 2.05) is 12.1 Å². The summed E-state index contributed by atoms with van der Waals surface area (Å²) in [5.41, 5.74) is 1.05. The molecule has 1 aliphatic heterocycles. The lowest BCUT2D eigenvalue weighted by Crippen LogP contribution is -2.21. The Bertz CT molecular complexity index is 346. The number of rotatable bonds is 4. The van der Waals surface area contributed by atoms with E-state index in [-0.39, 0.29) is 0 Å². The van der Waals surface area contributed by atoms with Crippen molar-refractivity contribution in [3.8, 4) is 0 Å². The van der Waals surface area contributed by atoms with Gasteiger partial charge in [-0.2, -0.15) is 0 Å². The first kappa shape index (κ1) is 11.8. The number of likely N-dealkylation sites (tertiary alicyclic amines) is 1. The number of pyridine rings is 1. The number of methoxy groups -OCH3 is 1. The Kier molecular flexibility index (Phi) is 4.16. The largest absolute Gasteiger partial charge is 0.384 e. The molecular formula is C12H17ClN2O. The van der Waals surface area contributed by atoms with Crippen molar-refractivity contribution < 1.29 is 4.74 Å². The van der Waals surface area contributed by atoms with Crippen LogP contribution in [-0.2, 0) is 11.3 Å². The van der Waals surface area contributed by atoms with E-state index in [0.717, 1.165) is 37.0 Å². The molecule has 0 N–H and O–H groups in total. The Balaban J connectivity index is 1.87. The van der Waals surface area contributed by atoms with Gasteiger partial charge in [0.05, 0.1) is 12.3 Å². The highest BCUT2D eigenvalue weighted by molar-refractivity contribution is 6.30. The fourth-order valence-corrected chi connectivity index (χ4v) is 2.37. The first-order valence-electron chi connectivity index (χ1n) is 5.59. The number of hydrogen-bond acceptors (Lipinski definition) is 3. The van der Waals surface area contributed by atoms with E-state index in [1.165, 1.54) is 6.42 Å². The van der Waals surface area contributed by atoms with E-state index < -0.39 is 0 Å². The van der Waals surface area contributed by atoms with Gasteiger partial charge in [0, 0.05) is 31.4 Å². The van der Waals surface area contributed by atoms with Crippen LogP contribution in [0.1, 0.15) is 12.1 Å². The second kappa shape index (κ2) is 5.62. The van der Waals surface area contributed by atoms with E-state index in [2.05, 4.69) is 9.88 Å². The summed E-state index contributed by atoms with van der Waals surface area (Å²) in [5, 5.41) is 0.762. The third kappa shape index (κ3) is 3.17. The predicted octanol–water partition coefficient (Wildman–Crippen LogP) is 2.20. The average molecular weight is 241 g/mol. The quantitative estimate of drug-likeness (QED) is 0.807. The molecule has 88 valence electrons. The van der Waals surface area contributed by atoms with Gasteiger partial charge in [-0.3, -0.25) is 9.88 Å². The summed E-state index contributed by atoms with van der Waals surface area (Å²) in [4.78, 5) is 6.72. The minimum Gasteiger partial charge on any atom is -0.384 e. The van der Waals surface area contributed by atoms with Crippen LogP contribution in [0.3, 0.4) is 0 Å². The predicted molar refractivity (Wildman–Crippen MR) is 64.5 cm³/mol. The van der Waals surface area contributed by atoms with Crippen molar-refractivity contribution in [2.75, 3.05) is 26.8 Å². The fourth-order valence-electron chi connectivity index (χ4n) is 2.19. The van der Waals surface area contributed by atoms with Crippen molar-refractivity contribution in [3.63, 3.8) is 0 Å². The van der Waals surface area contributed by atoms with E-state index >= 15 is 0 Å². The fraction of sp³-hybridized carbons (Fsp3) is 0.583. The summed E-state index contributed by atoms with van der Waals surface area (Å²) in [5.74, 6) is 0.671. The van der Waals surface area contributed by atoms with E-state index in [9.17, 15) is 0 Å². The van der Waals surface area contributed by atoms with Crippen LogP contribution in [0.15, 0.2) is 18.3 Å². The van der Waals surface area contributed by atoms with Gasteiger partial charge in [-0.1, -0.05) is 11.6 Å². The lowest BCUT2D eigenvalue weighted by Gasteiger charge is -2.15. The van der Waals surface area contributed by atoms with Gasteiger partial charge in [-0.15, -0.1) is 0 Å². The number of nitrogens with zero attached hydrogens (tertiary/aromatic N) is 2. The zero-order chi connectivity index (χ0) is 11.4.